The monoisotopic (exact) mass is 203 g/mol. The minimum absolute atomic E-state index is 0.0923. The average Bonchev–Trinajstić information content (AvgIpc) is 2.09. The third kappa shape index (κ3) is 2.31. The van der Waals surface area contributed by atoms with E-state index in [4.69, 9.17) is 0 Å². The summed E-state index contributed by atoms with van der Waals surface area (Å²) in [5.74, 6) is 0.337. The van der Waals surface area contributed by atoms with E-state index in [1.54, 1.807) is 13.1 Å². The molecule has 3 nitrogen and oxygen atoms in total. The van der Waals surface area contributed by atoms with Crippen molar-refractivity contribution in [3.8, 4) is 0 Å². The van der Waals surface area contributed by atoms with Crippen molar-refractivity contribution in [2.75, 3.05) is 12.8 Å². The summed E-state index contributed by atoms with van der Waals surface area (Å²) in [4.78, 5) is 0. The summed E-state index contributed by atoms with van der Waals surface area (Å²) < 4.78 is 23.3. The van der Waals surface area contributed by atoms with Crippen LogP contribution in [0.4, 0.5) is 0 Å². The van der Waals surface area contributed by atoms with Crippen molar-refractivity contribution in [1.82, 2.24) is 5.32 Å². The third-order valence-corrected chi connectivity index (χ3v) is 4.93. The lowest BCUT2D eigenvalue weighted by Crippen LogP contribution is -2.44. The number of sulfone groups is 1. The maximum Gasteiger partial charge on any atom is 0.155 e. The first kappa shape index (κ1) is 10.7. The highest BCUT2D eigenvalue weighted by Crippen LogP contribution is 2.22. The zero-order valence-electron chi connectivity index (χ0n) is 7.99. The van der Waals surface area contributed by atoms with Crippen molar-refractivity contribution in [3.05, 3.63) is 12.7 Å². The number of likely N-dealkylation sites (N-methyl/N-ethyl adjacent to an activating group) is 1. The fourth-order valence-corrected chi connectivity index (χ4v) is 3.97. The molecule has 4 heteroatoms. The number of hydrogen-bond donors (Lipinski definition) is 1. The summed E-state index contributed by atoms with van der Waals surface area (Å²) in [6.45, 7) is 3.65. The van der Waals surface area contributed by atoms with Crippen molar-refractivity contribution in [2.24, 2.45) is 0 Å². The molecule has 1 aliphatic rings. The summed E-state index contributed by atoms with van der Waals surface area (Å²) >= 11 is 0. The molecule has 0 bridgehead atoms. The Balaban J connectivity index is 2.81. The van der Waals surface area contributed by atoms with Crippen LogP contribution in [0.15, 0.2) is 12.7 Å². The Bertz CT molecular complexity index is 271. The van der Waals surface area contributed by atoms with Gasteiger partial charge in [-0.25, -0.2) is 8.42 Å². The highest BCUT2D eigenvalue weighted by Gasteiger charge is 2.33. The van der Waals surface area contributed by atoms with E-state index in [-0.39, 0.29) is 11.3 Å². The molecule has 0 aromatic carbocycles. The standard InChI is InChI=1S/C9H17NO2S/c1-3-8(10-2)9-6-4-5-7-13(9,11)12/h3,8-10H,1,4-7H2,2H3. The Kier molecular flexibility index (Phi) is 3.50. The van der Waals surface area contributed by atoms with Gasteiger partial charge in [0.25, 0.3) is 0 Å². The third-order valence-electron chi connectivity index (χ3n) is 2.62. The largest absolute Gasteiger partial charge is 0.312 e. The van der Waals surface area contributed by atoms with E-state index in [2.05, 4.69) is 11.9 Å². The van der Waals surface area contributed by atoms with Gasteiger partial charge in [-0.3, -0.25) is 0 Å². The average molecular weight is 203 g/mol. The molecule has 76 valence electrons. The van der Waals surface area contributed by atoms with Crippen LogP contribution in [0.2, 0.25) is 0 Å². The van der Waals surface area contributed by atoms with E-state index < -0.39 is 9.84 Å². The number of rotatable bonds is 3. The van der Waals surface area contributed by atoms with E-state index in [9.17, 15) is 8.42 Å². The van der Waals surface area contributed by atoms with Crippen LogP contribution in [0.25, 0.3) is 0 Å². The molecule has 0 spiro atoms. The van der Waals surface area contributed by atoms with Crippen LogP contribution < -0.4 is 5.32 Å². The van der Waals surface area contributed by atoms with E-state index in [1.165, 1.54) is 0 Å². The molecular formula is C9H17NO2S. The quantitative estimate of drug-likeness (QED) is 0.688. The van der Waals surface area contributed by atoms with Crippen LogP contribution in [-0.2, 0) is 9.84 Å². The lowest BCUT2D eigenvalue weighted by atomic mass is 10.1. The number of nitrogens with one attached hydrogen (secondary N) is 1. The molecular weight excluding hydrogens is 186 g/mol. The second-order valence-corrected chi connectivity index (χ2v) is 5.79. The highest BCUT2D eigenvalue weighted by molar-refractivity contribution is 7.92. The molecule has 1 saturated heterocycles. The first-order valence-corrected chi connectivity index (χ1v) is 6.34. The fourth-order valence-electron chi connectivity index (χ4n) is 1.84. The number of hydrogen-bond acceptors (Lipinski definition) is 3. The smallest absolute Gasteiger partial charge is 0.155 e. The lowest BCUT2D eigenvalue weighted by molar-refractivity contribution is 0.499. The van der Waals surface area contributed by atoms with E-state index in [1.807, 2.05) is 0 Å². The zero-order chi connectivity index (χ0) is 9.90. The van der Waals surface area contributed by atoms with E-state index in [0.29, 0.717) is 5.75 Å². The molecule has 1 rings (SSSR count). The van der Waals surface area contributed by atoms with Gasteiger partial charge in [-0.2, -0.15) is 0 Å². The van der Waals surface area contributed by atoms with Gasteiger partial charge in [-0.1, -0.05) is 12.5 Å². The molecule has 0 radical (unpaired) electrons. The van der Waals surface area contributed by atoms with Gasteiger partial charge in [-0.05, 0) is 19.9 Å². The molecule has 13 heavy (non-hydrogen) atoms. The van der Waals surface area contributed by atoms with Crippen LogP contribution in [0.1, 0.15) is 19.3 Å². The molecule has 2 unspecified atom stereocenters. The van der Waals surface area contributed by atoms with Gasteiger partial charge in [0.05, 0.1) is 11.0 Å². The maximum atomic E-state index is 11.7. The molecule has 0 aliphatic carbocycles. The van der Waals surface area contributed by atoms with Crippen LogP contribution in [0, 0.1) is 0 Å². The summed E-state index contributed by atoms with van der Waals surface area (Å²) in [6, 6.07) is -0.0923. The van der Waals surface area contributed by atoms with Gasteiger partial charge in [0.15, 0.2) is 9.84 Å². The van der Waals surface area contributed by atoms with Crippen molar-refractivity contribution >= 4 is 9.84 Å². The van der Waals surface area contributed by atoms with Gasteiger partial charge in [0.2, 0.25) is 0 Å². The lowest BCUT2D eigenvalue weighted by Gasteiger charge is -2.27. The molecule has 0 amide bonds. The summed E-state index contributed by atoms with van der Waals surface area (Å²) in [7, 11) is -1.11. The molecule has 0 saturated carbocycles. The topological polar surface area (TPSA) is 46.2 Å². The molecule has 0 aromatic rings. The second kappa shape index (κ2) is 4.24. The minimum atomic E-state index is -2.88. The SMILES string of the molecule is C=CC(NC)C1CCCCS1(=O)=O. The predicted octanol–water partition coefficient (Wildman–Crippen LogP) is 0.728. The Hall–Kier alpha value is -0.350. The normalized spacial score (nSPS) is 29.5. The Morgan fingerprint density at radius 1 is 1.54 bits per heavy atom. The molecule has 1 heterocycles. The van der Waals surface area contributed by atoms with Crippen molar-refractivity contribution < 1.29 is 8.42 Å². The van der Waals surface area contributed by atoms with Gasteiger partial charge >= 0.3 is 0 Å². The minimum Gasteiger partial charge on any atom is -0.312 e. The Labute approximate surface area is 80.1 Å². The summed E-state index contributed by atoms with van der Waals surface area (Å²) in [5.41, 5.74) is 0. The van der Waals surface area contributed by atoms with Crippen molar-refractivity contribution in [1.29, 1.82) is 0 Å². The van der Waals surface area contributed by atoms with Gasteiger partial charge in [-0.15, -0.1) is 6.58 Å². The first-order chi connectivity index (χ1) is 6.11. The van der Waals surface area contributed by atoms with E-state index in [0.717, 1.165) is 19.3 Å². The predicted molar refractivity (Wildman–Crippen MR) is 54.5 cm³/mol. The van der Waals surface area contributed by atoms with Gasteiger partial charge in [0.1, 0.15) is 0 Å². The first-order valence-electron chi connectivity index (χ1n) is 4.63. The highest BCUT2D eigenvalue weighted by atomic mass is 32.2. The summed E-state index contributed by atoms with van der Waals surface area (Å²) in [6.07, 6.45) is 4.27. The Morgan fingerprint density at radius 2 is 2.23 bits per heavy atom. The molecule has 2 atom stereocenters. The Morgan fingerprint density at radius 3 is 2.69 bits per heavy atom. The fraction of sp³-hybridized carbons (Fsp3) is 0.778. The van der Waals surface area contributed by atoms with Crippen LogP contribution in [0.3, 0.4) is 0 Å². The van der Waals surface area contributed by atoms with Gasteiger partial charge < -0.3 is 5.32 Å². The van der Waals surface area contributed by atoms with Crippen LogP contribution >= 0.6 is 0 Å². The van der Waals surface area contributed by atoms with Crippen molar-refractivity contribution in [3.63, 3.8) is 0 Å². The molecule has 1 N–H and O–H groups in total. The molecule has 0 aromatic heterocycles. The molecule has 1 aliphatic heterocycles. The zero-order valence-corrected chi connectivity index (χ0v) is 8.81. The second-order valence-electron chi connectivity index (χ2n) is 3.45. The maximum absolute atomic E-state index is 11.7. The van der Waals surface area contributed by atoms with E-state index >= 15 is 0 Å². The molecule has 1 fully saturated rings. The summed E-state index contributed by atoms with van der Waals surface area (Å²) in [5, 5.41) is 2.72. The van der Waals surface area contributed by atoms with Gasteiger partial charge in [0, 0.05) is 6.04 Å². The van der Waals surface area contributed by atoms with Crippen molar-refractivity contribution in [2.45, 2.75) is 30.6 Å². The van der Waals surface area contributed by atoms with Crippen LogP contribution in [0.5, 0.6) is 0 Å². The van der Waals surface area contributed by atoms with Crippen LogP contribution in [-0.4, -0.2) is 32.5 Å².